The van der Waals surface area contributed by atoms with Gasteiger partial charge in [-0.05, 0) is 26.8 Å². The average molecular weight is 220 g/mol. The molecule has 0 unspecified atom stereocenters. The fraction of sp³-hybridized carbons (Fsp3) is 1.00. The largest absolute Gasteiger partial charge is 0.325 e. The smallest absolute Gasteiger partial charge is 0.152 e. The fourth-order valence-electron chi connectivity index (χ4n) is 1.52. The molecule has 84 valence electrons. The summed E-state index contributed by atoms with van der Waals surface area (Å²) in [6.45, 7) is 6.16. The van der Waals surface area contributed by atoms with E-state index in [2.05, 4.69) is 4.90 Å². The Kier molecular flexibility index (Phi) is 3.92. The average Bonchev–Trinajstić information content (AvgIpc) is 2.00. The van der Waals surface area contributed by atoms with Gasteiger partial charge in [-0.2, -0.15) is 0 Å². The van der Waals surface area contributed by atoms with Crippen molar-refractivity contribution in [2.45, 2.75) is 31.6 Å². The maximum Gasteiger partial charge on any atom is 0.152 e. The van der Waals surface area contributed by atoms with E-state index in [1.54, 1.807) is 13.8 Å². The molecule has 14 heavy (non-hydrogen) atoms. The molecule has 0 bridgehead atoms. The summed E-state index contributed by atoms with van der Waals surface area (Å²) >= 11 is 0. The molecular weight excluding hydrogens is 200 g/mol. The Balaban J connectivity index is 2.15. The topological polar surface area (TPSA) is 63.4 Å². The summed E-state index contributed by atoms with van der Waals surface area (Å²) in [4.78, 5) is 2.19. The molecule has 0 radical (unpaired) electrons. The van der Waals surface area contributed by atoms with Gasteiger partial charge < -0.3 is 10.6 Å². The summed E-state index contributed by atoms with van der Waals surface area (Å²) in [5, 5.41) is -0.249. The summed E-state index contributed by atoms with van der Waals surface area (Å²) in [6.07, 6.45) is 0.729. The zero-order chi connectivity index (χ0) is 10.8. The van der Waals surface area contributed by atoms with Crippen LogP contribution in [0.4, 0.5) is 0 Å². The van der Waals surface area contributed by atoms with Crippen LogP contribution in [0.25, 0.3) is 0 Å². The Morgan fingerprint density at radius 3 is 2.43 bits per heavy atom. The Morgan fingerprint density at radius 1 is 1.43 bits per heavy atom. The van der Waals surface area contributed by atoms with Crippen LogP contribution in [-0.2, 0) is 9.84 Å². The van der Waals surface area contributed by atoms with Crippen LogP contribution in [0.15, 0.2) is 0 Å². The highest BCUT2D eigenvalue weighted by Crippen LogP contribution is 2.08. The molecule has 0 amide bonds. The van der Waals surface area contributed by atoms with E-state index >= 15 is 0 Å². The van der Waals surface area contributed by atoms with Crippen molar-refractivity contribution >= 4 is 9.84 Å². The van der Waals surface area contributed by atoms with Gasteiger partial charge in [-0.15, -0.1) is 0 Å². The molecule has 0 aromatic rings. The second-order valence-corrected chi connectivity index (χ2v) is 6.97. The lowest BCUT2D eigenvalue weighted by Crippen LogP contribution is -2.55. The monoisotopic (exact) mass is 220 g/mol. The molecule has 1 aliphatic heterocycles. The number of likely N-dealkylation sites (tertiary alicyclic amines) is 1. The van der Waals surface area contributed by atoms with Crippen LogP contribution in [0.3, 0.4) is 0 Å². The molecule has 5 heteroatoms. The summed E-state index contributed by atoms with van der Waals surface area (Å²) < 4.78 is 22.9. The second kappa shape index (κ2) is 4.59. The van der Waals surface area contributed by atoms with E-state index in [0.29, 0.717) is 11.8 Å². The molecule has 1 saturated heterocycles. The van der Waals surface area contributed by atoms with E-state index in [4.69, 9.17) is 5.73 Å². The molecule has 1 rings (SSSR count). The van der Waals surface area contributed by atoms with Crippen molar-refractivity contribution in [1.29, 1.82) is 0 Å². The van der Waals surface area contributed by atoms with E-state index in [0.717, 1.165) is 26.1 Å². The third kappa shape index (κ3) is 3.22. The van der Waals surface area contributed by atoms with E-state index in [1.165, 1.54) is 0 Å². The van der Waals surface area contributed by atoms with Crippen LogP contribution < -0.4 is 5.73 Å². The molecular formula is C9H20N2O2S. The van der Waals surface area contributed by atoms with Crippen LogP contribution in [0.2, 0.25) is 0 Å². The lowest BCUT2D eigenvalue weighted by Gasteiger charge is -2.36. The molecule has 2 N–H and O–H groups in total. The minimum Gasteiger partial charge on any atom is -0.325 e. The maximum atomic E-state index is 11.4. The highest BCUT2D eigenvalue weighted by atomic mass is 32.2. The molecule has 0 spiro atoms. The van der Waals surface area contributed by atoms with Crippen molar-refractivity contribution in [1.82, 2.24) is 4.90 Å². The van der Waals surface area contributed by atoms with Crippen LogP contribution in [0.5, 0.6) is 0 Å². The molecule has 0 atom stereocenters. The van der Waals surface area contributed by atoms with E-state index in [-0.39, 0.29) is 5.25 Å². The predicted molar refractivity (Wildman–Crippen MR) is 58.0 cm³/mol. The minimum atomic E-state index is -2.85. The number of nitrogens with zero attached hydrogens (tertiary/aromatic N) is 1. The third-order valence-electron chi connectivity index (χ3n) is 2.61. The van der Waals surface area contributed by atoms with Crippen molar-refractivity contribution in [3.05, 3.63) is 0 Å². The molecule has 1 fully saturated rings. The Morgan fingerprint density at radius 2 is 2.00 bits per heavy atom. The first-order valence-corrected chi connectivity index (χ1v) is 6.83. The van der Waals surface area contributed by atoms with Gasteiger partial charge in [-0.25, -0.2) is 8.42 Å². The van der Waals surface area contributed by atoms with Gasteiger partial charge in [0.05, 0.1) is 11.0 Å². The lowest BCUT2D eigenvalue weighted by atomic mass is 10.1. The van der Waals surface area contributed by atoms with Crippen LogP contribution in [-0.4, -0.2) is 50.0 Å². The van der Waals surface area contributed by atoms with Gasteiger partial charge in [0.1, 0.15) is 0 Å². The van der Waals surface area contributed by atoms with Gasteiger partial charge >= 0.3 is 0 Å². The minimum absolute atomic E-state index is 0.249. The molecule has 0 aromatic carbocycles. The van der Waals surface area contributed by atoms with E-state index in [9.17, 15) is 8.42 Å². The van der Waals surface area contributed by atoms with Gasteiger partial charge in [0.15, 0.2) is 9.84 Å². The summed E-state index contributed by atoms with van der Waals surface area (Å²) in [5.74, 6) is 0.302. The van der Waals surface area contributed by atoms with Crippen molar-refractivity contribution in [2.24, 2.45) is 5.73 Å². The fourth-order valence-corrected chi connectivity index (χ4v) is 2.52. The lowest BCUT2D eigenvalue weighted by molar-refractivity contribution is 0.151. The van der Waals surface area contributed by atoms with Crippen LogP contribution in [0.1, 0.15) is 20.3 Å². The first-order chi connectivity index (χ1) is 6.42. The standard InChI is InChI=1S/C9H20N2O2S/c1-8(2)14(12,13)5-3-4-11-6-9(10)7-11/h8-9H,3-7,10H2,1-2H3. The summed E-state index contributed by atoms with van der Waals surface area (Å²) in [5.41, 5.74) is 5.61. The first-order valence-electron chi connectivity index (χ1n) is 5.11. The van der Waals surface area contributed by atoms with Crippen molar-refractivity contribution in [2.75, 3.05) is 25.4 Å². The summed E-state index contributed by atoms with van der Waals surface area (Å²) in [7, 11) is -2.85. The van der Waals surface area contributed by atoms with Crippen LogP contribution >= 0.6 is 0 Å². The SMILES string of the molecule is CC(C)S(=O)(=O)CCCN1CC(N)C1. The van der Waals surface area contributed by atoms with Gasteiger partial charge in [0.25, 0.3) is 0 Å². The van der Waals surface area contributed by atoms with E-state index in [1.807, 2.05) is 0 Å². The highest BCUT2D eigenvalue weighted by Gasteiger charge is 2.23. The predicted octanol–water partition coefficient (Wildman–Crippen LogP) is -0.157. The normalized spacial score (nSPS) is 20.0. The molecule has 0 aromatic heterocycles. The molecule has 0 saturated carbocycles. The summed E-state index contributed by atoms with van der Waals surface area (Å²) in [6, 6.07) is 0.303. The number of rotatable bonds is 5. The quantitative estimate of drug-likeness (QED) is 0.699. The van der Waals surface area contributed by atoms with Crippen molar-refractivity contribution < 1.29 is 8.42 Å². The Labute approximate surface area is 86.4 Å². The molecule has 0 aliphatic carbocycles. The third-order valence-corrected chi connectivity index (χ3v) is 4.90. The maximum absolute atomic E-state index is 11.4. The van der Waals surface area contributed by atoms with E-state index < -0.39 is 9.84 Å². The van der Waals surface area contributed by atoms with Gasteiger partial charge in [0, 0.05) is 19.1 Å². The second-order valence-electron chi connectivity index (χ2n) is 4.29. The molecule has 4 nitrogen and oxygen atoms in total. The molecule has 1 aliphatic rings. The van der Waals surface area contributed by atoms with Gasteiger partial charge in [-0.1, -0.05) is 0 Å². The van der Waals surface area contributed by atoms with Gasteiger partial charge in [0.2, 0.25) is 0 Å². The number of sulfone groups is 1. The first kappa shape index (κ1) is 11.9. The van der Waals surface area contributed by atoms with Crippen molar-refractivity contribution in [3.8, 4) is 0 Å². The highest BCUT2D eigenvalue weighted by molar-refractivity contribution is 7.91. The van der Waals surface area contributed by atoms with Crippen molar-refractivity contribution in [3.63, 3.8) is 0 Å². The number of hydrogen-bond acceptors (Lipinski definition) is 4. The Hall–Kier alpha value is -0.130. The van der Waals surface area contributed by atoms with Crippen LogP contribution in [0, 0.1) is 0 Å². The number of hydrogen-bond donors (Lipinski definition) is 1. The zero-order valence-corrected chi connectivity index (χ0v) is 9.76. The van der Waals surface area contributed by atoms with Gasteiger partial charge in [-0.3, -0.25) is 0 Å². The number of nitrogens with two attached hydrogens (primary N) is 1. The Bertz CT molecular complexity index is 269. The molecule has 1 heterocycles. The zero-order valence-electron chi connectivity index (χ0n) is 8.94.